The summed E-state index contributed by atoms with van der Waals surface area (Å²) in [6.45, 7) is 2.68. The fourth-order valence-electron chi connectivity index (χ4n) is 2.93. The summed E-state index contributed by atoms with van der Waals surface area (Å²) in [5.41, 5.74) is 0.595. The summed E-state index contributed by atoms with van der Waals surface area (Å²) in [7, 11) is 0. The van der Waals surface area contributed by atoms with Gasteiger partial charge in [0.05, 0.1) is 22.3 Å². The third-order valence-corrected chi connectivity index (χ3v) is 5.37. The average Bonchev–Trinajstić information content (AvgIpc) is 3.01. The molecule has 0 radical (unpaired) electrons. The van der Waals surface area contributed by atoms with Crippen molar-refractivity contribution in [3.63, 3.8) is 0 Å². The molecule has 2 aromatic heterocycles. The Hall–Kier alpha value is -1.84. The number of nitrogens with zero attached hydrogens (tertiary/aromatic N) is 3. The van der Waals surface area contributed by atoms with Crippen LogP contribution in [0.2, 0.25) is 10.0 Å². The van der Waals surface area contributed by atoms with E-state index in [9.17, 15) is 14.7 Å². The summed E-state index contributed by atoms with van der Waals surface area (Å²) in [4.78, 5) is 24.4. The number of carbonyl (C=O) groups is 1. The zero-order valence-electron chi connectivity index (χ0n) is 14.1. The fourth-order valence-corrected chi connectivity index (χ4v) is 3.67. The molecular weight excluding hydrogens is 504 g/mol. The number of hydrogen-bond donors (Lipinski definition) is 1. The first kappa shape index (κ1) is 19.9. The molecule has 1 N–H and O–H groups in total. The highest BCUT2D eigenvalue weighted by Crippen LogP contribution is 2.30. The number of aromatic nitrogens is 3. The van der Waals surface area contributed by atoms with Gasteiger partial charge in [-0.1, -0.05) is 29.3 Å². The first-order valence-electron chi connectivity index (χ1n) is 7.96. The molecule has 0 aliphatic carbocycles. The minimum Gasteiger partial charge on any atom is -0.477 e. The quantitative estimate of drug-likeness (QED) is 0.509. The van der Waals surface area contributed by atoms with Crippen LogP contribution in [-0.4, -0.2) is 25.4 Å². The highest BCUT2D eigenvalue weighted by molar-refractivity contribution is 14.1. The van der Waals surface area contributed by atoms with Crippen LogP contribution in [0.3, 0.4) is 0 Å². The number of carboxylic acid groups (broad SMARTS) is 1. The van der Waals surface area contributed by atoms with Gasteiger partial charge >= 0.3 is 5.97 Å². The Kier molecular flexibility index (Phi) is 5.92. The Bertz CT molecular complexity index is 1090. The topological polar surface area (TPSA) is 77.1 Å². The molecule has 6 nitrogen and oxygen atoms in total. The maximum absolute atomic E-state index is 12.6. The van der Waals surface area contributed by atoms with Gasteiger partial charge < -0.3 is 9.67 Å². The lowest BCUT2D eigenvalue weighted by Crippen LogP contribution is -2.24. The first-order chi connectivity index (χ1) is 12.8. The van der Waals surface area contributed by atoms with E-state index in [1.807, 2.05) is 13.0 Å². The van der Waals surface area contributed by atoms with Gasteiger partial charge in [-0.05, 0) is 47.7 Å². The lowest BCUT2D eigenvalue weighted by atomic mass is 10.0. The highest BCUT2D eigenvalue weighted by Gasteiger charge is 2.22. The van der Waals surface area contributed by atoms with Crippen molar-refractivity contribution in [3.8, 4) is 11.3 Å². The van der Waals surface area contributed by atoms with Crippen molar-refractivity contribution in [1.29, 1.82) is 0 Å². The van der Waals surface area contributed by atoms with E-state index in [4.69, 9.17) is 23.2 Å². The van der Waals surface area contributed by atoms with E-state index in [1.165, 1.54) is 6.07 Å². The maximum Gasteiger partial charge on any atom is 0.341 e. The van der Waals surface area contributed by atoms with Gasteiger partial charge in [0.15, 0.2) is 5.43 Å². The van der Waals surface area contributed by atoms with Crippen LogP contribution in [0.15, 0.2) is 41.3 Å². The van der Waals surface area contributed by atoms with E-state index in [1.54, 1.807) is 33.6 Å². The van der Waals surface area contributed by atoms with Gasteiger partial charge in [0, 0.05) is 30.1 Å². The largest absolute Gasteiger partial charge is 0.477 e. The fraction of sp³-hybridized carbons (Fsp3) is 0.167. The highest BCUT2D eigenvalue weighted by atomic mass is 127. The maximum atomic E-state index is 12.6. The van der Waals surface area contributed by atoms with Crippen molar-refractivity contribution in [2.45, 2.75) is 20.0 Å². The summed E-state index contributed by atoms with van der Waals surface area (Å²) in [6.07, 6.45) is 1.80. The smallest absolute Gasteiger partial charge is 0.341 e. The van der Waals surface area contributed by atoms with Crippen LogP contribution in [0.25, 0.3) is 11.3 Å². The standard InChI is InChI=1S/C18H14Cl2IN3O3/c1-2-24-11(9-23-6-5-15(21)22-23)8-14(25)16(18(26)27)17(24)10-3-4-12(19)13(20)7-10/h3-8H,2,9H2,1H3,(H,26,27). The van der Waals surface area contributed by atoms with Gasteiger partial charge in [0.25, 0.3) is 0 Å². The number of pyridine rings is 1. The molecule has 0 aliphatic rings. The molecular formula is C18H14Cl2IN3O3. The van der Waals surface area contributed by atoms with Gasteiger partial charge in [-0.2, -0.15) is 5.10 Å². The normalized spacial score (nSPS) is 11.0. The van der Waals surface area contributed by atoms with Crippen LogP contribution in [-0.2, 0) is 13.1 Å². The van der Waals surface area contributed by atoms with E-state index >= 15 is 0 Å². The van der Waals surface area contributed by atoms with Gasteiger partial charge in [0.2, 0.25) is 0 Å². The zero-order valence-corrected chi connectivity index (χ0v) is 17.8. The SMILES string of the molecule is CCn1c(Cn2ccc(I)n2)cc(=O)c(C(=O)O)c1-c1ccc(Cl)c(Cl)c1. The Morgan fingerprint density at radius 1 is 1.22 bits per heavy atom. The second-order valence-electron chi connectivity index (χ2n) is 5.74. The molecule has 0 fully saturated rings. The third kappa shape index (κ3) is 4.04. The summed E-state index contributed by atoms with van der Waals surface area (Å²) in [6, 6.07) is 8.00. The van der Waals surface area contributed by atoms with E-state index in [0.29, 0.717) is 35.1 Å². The number of aromatic carboxylic acids is 1. The molecule has 0 atom stereocenters. The first-order valence-corrected chi connectivity index (χ1v) is 9.79. The van der Waals surface area contributed by atoms with Crippen LogP contribution >= 0.6 is 45.8 Å². The van der Waals surface area contributed by atoms with E-state index in [2.05, 4.69) is 27.7 Å². The van der Waals surface area contributed by atoms with Crippen LogP contribution in [0.4, 0.5) is 0 Å². The molecule has 0 bridgehead atoms. The van der Waals surface area contributed by atoms with Crippen LogP contribution in [0.1, 0.15) is 23.0 Å². The molecule has 0 unspecified atom stereocenters. The second-order valence-corrected chi connectivity index (χ2v) is 7.66. The number of halogens is 3. The monoisotopic (exact) mass is 517 g/mol. The molecule has 3 rings (SSSR count). The Balaban J connectivity index is 2.29. The van der Waals surface area contributed by atoms with Gasteiger partial charge in [-0.25, -0.2) is 4.79 Å². The van der Waals surface area contributed by atoms with Crippen molar-refractivity contribution in [2.24, 2.45) is 0 Å². The summed E-state index contributed by atoms with van der Waals surface area (Å²) >= 11 is 14.2. The van der Waals surface area contributed by atoms with Crippen LogP contribution < -0.4 is 5.43 Å². The number of hydrogen-bond acceptors (Lipinski definition) is 3. The molecule has 2 heterocycles. The molecule has 0 spiro atoms. The van der Waals surface area contributed by atoms with Gasteiger partial charge in [-0.3, -0.25) is 9.48 Å². The summed E-state index contributed by atoms with van der Waals surface area (Å²) < 4.78 is 4.31. The average molecular weight is 518 g/mol. The van der Waals surface area contributed by atoms with Crippen molar-refractivity contribution in [1.82, 2.24) is 14.3 Å². The molecule has 0 saturated heterocycles. The van der Waals surface area contributed by atoms with E-state index in [0.717, 1.165) is 3.70 Å². The van der Waals surface area contributed by atoms with Crippen LogP contribution in [0.5, 0.6) is 0 Å². The van der Waals surface area contributed by atoms with Gasteiger partial charge in [-0.15, -0.1) is 0 Å². The lowest BCUT2D eigenvalue weighted by Gasteiger charge is -2.20. The summed E-state index contributed by atoms with van der Waals surface area (Å²) in [5.74, 6) is -1.29. The predicted molar refractivity (Wildman–Crippen MR) is 113 cm³/mol. The molecule has 1 aromatic carbocycles. The van der Waals surface area contributed by atoms with Gasteiger partial charge in [0.1, 0.15) is 9.26 Å². The van der Waals surface area contributed by atoms with Crippen molar-refractivity contribution in [3.05, 3.63) is 71.8 Å². The molecule has 3 aromatic rings. The van der Waals surface area contributed by atoms with Crippen molar-refractivity contribution < 1.29 is 9.90 Å². The Morgan fingerprint density at radius 3 is 2.52 bits per heavy atom. The molecule has 140 valence electrons. The molecule has 27 heavy (non-hydrogen) atoms. The van der Waals surface area contributed by atoms with Crippen molar-refractivity contribution in [2.75, 3.05) is 0 Å². The minimum absolute atomic E-state index is 0.285. The number of benzene rings is 1. The van der Waals surface area contributed by atoms with E-state index in [-0.39, 0.29) is 10.6 Å². The Morgan fingerprint density at radius 2 is 1.96 bits per heavy atom. The zero-order chi connectivity index (χ0) is 19.7. The number of carboxylic acids is 1. The molecule has 0 amide bonds. The third-order valence-electron chi connectivity index (χ3n) is 4.05. The van der Waals surface area contributed by atoms with E-state index < -0.39 is 11.4 Å². The minimum atomic E-state index is -1.29. The molecule has 0 aliphatic heterocycles. The Labute approximate surface area is 178 Å². The number of rotatable bonds is 5. The van der Waals surface area contributed by atoms with Crippen LogP contribution in [0, 0.1) is 3.70 Å². The predicted octanol–water partition coefficient (Wildman–Crippen LogP) is 4.39. The lowest BCUT2D eigenvalue weighted by molar-refractivity contribution is 0.0695. The second kappa shape index (κ2) is 8.04. The molecule has 9 heteroatoms. The van der Waals surface area contributed by atoms with Crippen molar-refractivity contribution >= 4 is 51.8 Å². The molecule has 0 saturated carbocycles. The summed E-state index contributed by atoms with van der Waals surface area (Å²) in [5, 5.41) is 14.6.